The van der Waals surface area contributed by atoms with Gasteiger partial charge in [0, 0.05) is 22.5 Å². The number of pyridine rings is 1. The summed E-state index contributed by atoms with van der Waals surface area (Å²) in [6.45, 7) is 0.176. The van der Waals surface area contributed by atoms with Crippen LogP contribution in [0.3, 0.4) is 0 Å². The van der Waals surface area contributed by atoms with E-state index in [0.29, 0.717) is 21.9 Å². The molecule has 0 fully saturated rings. The first kappa shape index (κ1) is 13.6. The molecule has 0 unspecified atom stereocenters. The van der Waals surface area contributed by atoms with Gasteiger partial charge < -0.3 is 0 Å². The second kappa shape index (κ2) is 5.28. The maximum atomic E-state index is 13.8. The quantitative estimate of drug-likeness (QED) is 0.571. The topological polar surface area (TPSA) is 47.8 Å². The zero-order valence-electron chi connectivity index (χ0n) is 12.1. The van der Waals surface area contributed by atoms with Crippen LogP contribution >= 0.6 is 0 Å². The van der Waals surface area contributed by atoms with Gasteiger partial charge in [0.15, 0.2) is 0 Å². The molecule has 4 rings (SSSR count). The Labute approximate surface area is 130 Å². The molecule has 4 nitrogen and oxygen atoms in total. The summed E-state index contributed by atoms with van der Waals surface area (Å²) < 4.78 is 15.2. The van der Waals surface area contributed by atoms with E-state index in [2.05, 4.69) is 10.1 Å². The highest BCUT2D eigenvalue weighted by molar-refractivity contribution is 5.82. The van der Waals surface area contributed by atoms with E-state index in [1.807, 2.05) is 18.2 Å². The molecule has 2 aromatic carbocycles. The van der Waals surface area contributed by atoms with Crippen molar-refractivity contribution < 1.29 is 4.39 Å². The number of hydrogen-bond donors (Lipinski definition) is 0. The molecule has 2 heterocycles. The van der Waals surface area contributed by atoms with Crippen LogP contribution in [0.4, 0.5) is 4.39 Å². The van der Waals surface area contributed by atoms with E-state index in [1.165, 1.54) is 16.8 Å². The lowest BCUT2D eigenvalue weighted by atomic mass is 10.1. The van der Waals surface area contributed by atoms with Crippen LogP contribution in [-0.2, 0) is 6.54 Å². The molecule has 0 aliphatic rings. The normalized spacial score (nSPS) is 11.2. The van der Waals surface area contributed by atoms with Crippen LogP contribution in [0.5, 0.6) is 0 Å². The van der Waals surface area contributed by atoms with Crippen molar-refractivity contribution in [1.82, 2.24) is 14.8 Å². The van der Waals surface area contributed by atoms with Crippen LogP contribution in [0.1, 0.15) is 5.56 Å². The van der Waals surface area contributed by atoms with Crippen molar-refractivity contribution in [2.75, 3.05) is 0 Å². The molecule has 0 N–H and O–H groups in total. The number of aromatic nitrogens is 3. The van der Waals surface area contributed by atoms with Crippen molar-refractivity contribution in [1.29, 1.82) is 0 Å². The van der Waals surface area contributed by atoms with Crippen molar-refractivity contribution in [3.63, 3.8) is 0 Å². The van der Waals surface area contributed by atoms with Crippen molar-refractivity contribution in [2.24, 2.45) is 0 Å². The smallest absolute Gasteiger partial charge is 0.267 e. The third kappa shape index (κ3) is 2.36. The van der Waals surface area contributed by atoms with Crippen LogP contribution < -0.4 is 5.56 Å². The van der Waals surface area contributed by atoms with Gasteiger partial charge in [-0.25, -0.2) is 9.07 Å². The van der Waals surface area contributed by atoms with Gasteiger partial charge in [-0.15, -0.1) is 0 Å². The summed E-state index contributed by atoms with van der Waals surface area (Å²) in [7, 11) is 0. The fourth-order valence-electron chi connectivity index (χ4n) is 2.75. The molecular formula is C18H12FN3O. The maximum absolute atomic E-state index is 13.8. The van der Waals surface area contributed by atoms with Gasteiger partial charge in [0.25, 0.3) is 5.56 Å². The molecule has 0 saturated carbocycles. The average molecular weight is 305 g/mol. The second-order valence-corrected chi connectivity index (χ2v) is 5.33. The lowest BCUT2D eigenvalue weighted by Gasteiger charge is -2.09. The Morgan fingerprint density at radius 1 is 1.04 bits per heavy atom. The summed E-state index contributed by atoms with van der Waals surface area (Å²) in [4.78, 5) is 16.8. The minimum atomic E-state index is -0.352. The Balaban J connectivity index is 1.88. The molecule has 5 heteroatoms. The fraction of sp³-hybridized carbons (Fsp3) is 0.0556. The van der Waals surface area contributed by atoms with Gasteiger partial charge in [0.1, 0.15) is 5.82 Å². The highest BCUT2D eigenvalue weighted by atomic mass is 19.1. The molecule has 0 amide bonds. The van der Waals surface area contributed by atoms with Gasteiger partial charge >= 0.3 is 0 Å². The summed E-state index contributed by atoms with van der Waals surface area (Å²) in [6, 6.07) is 13.7. The number of rotatable bonds is 2. The Kier molecular flexibility index (Phi) is 3.12. The van der Waals surface area contributed by atoms with Crippen LogP contribution in [0.25, 0.3) is 21.7 Å². The van der Waals surface area contributed by atoms with Gasteiger partial charge in [0.2, 0.25) is 0 Å². The van der Waals surface area contributed by atoms with E-state index in [1.54, 1.807) is 30.6 Å². The summed E-state index contributed by atoms with van der Waals surface area (Å²) >= 11 is 0. The third-order valence-corrected chi connectivity index (χ3v) is 3.83. The lowest BCUT2D eigenvalue weighted by Crippen LogP contribution is -2.23. The largest absolute Gasteiger partial charge is 0.274 e. The molecule has 0 aliphatic heterocycles. The monoisotopic (exact) mass is 305 g/mol. The zero-order valence-corrected chi connectivity index (χ0v) is 12.1. The number of nitrogens with zero attached hydrogens (tertiary/aromatic N) is 3. The maximum Gasteiger partial charge on any atom is 0.274 e. The summed E-state index contributed by atoms with van der Waals surface area (Å²) in [5, 5.41) is 6.28. The van der Waals surface area contributed by atoms with Crippen molar-refractivity contribution in [3.05, 3.63) is 82.7 Å². The lowest BCUT2D eigenvalue weighted by molar-refractivity contribution is 0.616. The summed E-state index contributed by atoms with van der Waals surface area (Å²) in [5.74, 6) is -0.352. The molecule has 0 bridgehead atoms. The number of fused-ring (bicyclic) bond motifs is 2. The number of benzene rings is 2. The van der Waals surface area contributed by atoms with Crippen LogP contribution in [0.15, 0.2) is 65.7 Å². The minimum Gasteiger partial charge on any atom is -0.267 e. The molecular weight excluding hydrogens is 293 g/mol. The van der Waals surface area contributed by atoms with Gasteiger partial charge in [-0.2, -0.15) is 5.10 Å². The molecule has 23 heavy (non-hydrogen) atoms. The predicted octanol–water partition coefficient (Wildman–Crippen LogP) is 3.13. The van der Waals surface area contributed by atoms with Crippen molar-refractivity contribution in [2.45, 2.75) is 6.54 Å². The number of halogens is 1. The van der Waals surface area contributed by atoms with Crippen LogP contribution in [-0.4, -0.2) is 14.8 Å². The van der Waals surface area contributed by atoms with Crippen LogP contribution in [0.2, 0.25) is 0 Å². The standard InChI is InChI=1S/C18H12FN3O/c19-15-8-12-5-3-7-20-17(12)14(9-15)11-22-18(23)16-6-2-1-4-13(16)10-21-22/h1-10H,11H2. The Morgan fingerprint density at radius 3 is 2.78 bits per heavy atom. The first-order valence-electron chi connectivity index (χ1n) is 7.20. The van der Waals surface area contributed by atoms with Gasteiger partial charge in [-0.05, 0) is 24.3 Å². The molecule has 0 atom stereocenters. The highest BCUT2D eigenvalue weighted by Crippen LogP contribution is 2.19. The molecule has 0 saturated heterocycles. The molecule has 0 spiro atoms. The first-order valence-corrected chi connectivity index (χ1v) is 7.20. The minimum absolute atomic E-state index is 0.176. The summed E-state index contributed by atoms with van der Waals surface area (Å²) in [6.07, 6.45) is 3.30. The van der Waals surface area contributed by atoms with E-state index in [0.717, 1.165) is 5.39 Å². The van der Waals surface area contributed by atoms with E-state index >= 15 is 0 Å². The Bertz CT molecular complexity index is 1090. The second-order valence-electron chi connectivity index (χ2n) is 5.33. The molecule has 4 aromatic rings. The zero-order chi connectivity index (χ0) is 15.8. The van der Waals surface area contributed by atoms with E-state index in [9.17, 15) is 9.18 Å². The molecule has 112 valence electrons. The third-order valence-electron chi connectivity index (χ3n) is 3.83. The Hall–Kier alpha value is -3.08. The van der Waals surface area contributed by atoms with E-state index in [-0.39, 0.29) is 17.9 Å². The van der Waals surface area contributed by atoms with Crippen molar-refractivity contribution >= 4 is 21.7 Å². The SMILES string of the molecule is O=c1c2ccccc2cnn1Cc1cc(F)cc2cccnc12. The van der Waals surface area contributed by atoms with E-state index in [4.69, 9.17) is 0 Å². The van der Waals surface area contributed by atoms with Gasteiger partial charge in [-0.3, -0.25) is 9.78 Å². The fourth-order valence-corrected chi connectivity index (χ4v) is 2.75. The first-order chi connectivity index (χ1) is 11.2. The predicted molar refractivity (Wildman–Crippen MR) is 86.8 cm³/mol. The average Bonchev–Trinajstić information content (AvgIpc) is 2.57. The Morgan fingerprint density at radius 2 is 1.87 bits per heavy atom. The molecule has 0 aliphatic carbocycles. The van der Waals surface area contributed by atoms with Gasteiger partial charge in [-0.1, -0.05) is 24.3 Å². The van der Waals surface area contributed by atoms with E-state index < -0.39 is 0 Å². The molecule has 0 radical (unpaired) electrons. The highest BCUT2D eigenvalue weighted by Gasteiger charge is 2.09. The number of hydrogen-bond acceptors (Lipinski definition) is 3. The van der Waals surface area contributed by atoms with Gasteiger partial charge in [0.05, 0.1) is 23.6 Å². The van der Waals surface area contributed by atoms with Crippen LogP contribution in [0, 0.1) is 5.82 Å². The van der Waals surface area contributed by atoms with Crippen molar-refractivity contribution in [3.8, 4) is 0 Å². The summed E-state index contributed by atoms with van der Waals surface area (Å²) in [5.41, 5.74) is 1.11. The molecule has 2 aromatic heterocycles.